The molecule has 0 aromatic heterocycles. The van der Waals surface area contributed by atoms with Crippen LogP contribution >= 0.6 is 23.2 Å². The van der Waals surface area contributed by atoms with Crippen LogP contribution < -0.4 is 15.2 Å². The molecule has 0 heterocycles. The summed E-state index contributed by atoms with van der Waals surface area (Å²) in [4.78, 5) is 0. The fraction of sp³-hybridized carbons (Fsp3) is 0.200. The van der Waals surface area contributed by atoms with Gasteiger partial charge in [0.15, 0.2) is 0 Å². The van der Waals surface area contributed by atoms with Crippen LogP contribution in [0.5, 0.6) is 11.5 Å². The summed E-state index contributed by atoms with van der Waals surface area (Å²) in [5, 5.41) is 1.25. The number of benzene rings is 2. The first-order valence-electron chi connectivity index (χ1n) is 6.07. The molecule has 0 amide bonds. The lowest BCUT2D eigenvalue weighted by molar-refractivity contribution is 0.302. The topological polar surface area (TPSA) is 44.5 Å². The van der Waals surface area contributed by atoms with Gasteiger partial charge in [-0.1, -0.05) is 23.2 Å². The summed E-state index contributed by atoms with van der Waals surface area (Å²) in [7, 11) is 1.61. The van der Waals surface area contributed by atoms with E-state index in [0.29, 0.717) is 28.9 Å². The Morgan fingerprint density at radius 1 is 1.05 bits per heavy atom. The molecule has 2 N–H and O–H groups in total. The predicted molar refractivity (Wildman–Crippen MR) is 81.7 cm³/mol. The number of hydrogen-bond acceptors (Lipinski definition) is 3. The van der Waals surface area contributed by atoms with Crippen molar-refractivity contribution >= 4 is 23.2 Å². The molecule has 2 aromatic carbocycles. The fourth-order valence-corrected chi connectivity index (χ4v) is 2.16. The van der Waals surface area contributed by atoms with E-state index in [1.807, 2.05) is 18.2 Å². The van der Waals surface area contributed by atoms with Crippen molar-refractivity contribution in [2.45, 2.75) is 13.2 Å². The van der Waals surface area contributed by atoms with Crippen molar-refractivity contribution in [3.8, 4) is 11.5 Å². The predicted octanol–water partition coefficient (Wildman–Crippen LogP) is 4.04. The highest BCUT2D eigenvalue weighted by Gasteiger charge is 2.07. The van der Waals surface area contributed by atoms with Crippen LogP contribution in [0.3, 0.4) is 0 Å². The quantitative estimate of drug-likeness (QED) is 0.906. The van der Waals surface area contributed by atoms with Crippen molar-refractivity contribution < 1.29 is 9.47 Å². The molecule has 20 heavy (non-hydrogen) atoms. The summed E-state index contributed by atoms with van der Waals surface area (Å²) >= 11 is 12.0. The Morgan fingerprint density at radius 3 is 2.55 bits per heavy atom. The van der Waals surface area contributed by atoms with E-state index in [2.05, 4.69) is 0 Å². The van der Waals surface area contributed by atoms with Gasteiger partial charge in [0.05, 0.1) is 7.11 Å². The zero-order valence-corrected chi connectivity index (χ0v) is 12.5. The molecule has 0 unspecified atom stereocenters. The molecule has 0 spiro atoms. The van der Waals surface area contributed by atoms with Gasteiger partial charge in [0.1, 0.15) is 18.1 Å². The lowest BCUT2D eigenvalue weighted by Gasteiger charge is -2.12. The molecule has 0 saturated heterocycles. The van der Waals surface area contributed by atoms with Crippen LogP contribution in [0.25, 0.3) is 0 Å². The number of halogens is 2. The van der Waals surface area contributed by atoms with Gasteiger partial charge in [-0.05, 0) is 36.4 Å². The van der Waals surface area contributed by atoms with Gasteiger partial charge in [-0.25, -0.2) is 0 Å². The molecule has 3 nitrogen and oxygen atoms in total. The lowest BCUT2D eigenvalue weighted by atomic mass is 10.2. The molecule has 0 fully saturated rings. The molecular weight excluding hydrogens is 297 g/mol. The number of methoxy groups -OCH3 is 1. The van der Waals surface area contributed by atoms with Crippen molar-refractivity contribution in [2.24, 2.45) is 5.73 Å². The molecule has 5 heteroatoms. The molecular formula is C15H15Cl2NO2. The van der Waals surface area contributed by atoms with Gasteiger partial charge in [0.25, 0.3) is 0 Å². The Kier molecular flexibility index (Phi) is 5.12. The van der Waals surface area contributed by atoms with Gasteiger partial charge in [0, 0.05) is 27.7 Å². The van der Waals surface area contributed by atoms with E-state index in [1.54, 1.807) is 25.3 Å². The second-order valence-corrected chi connectivity index (χ2v) is 5.05. The monoisotopic (exact) mass is 311 g/mol. The third-order valence-electron chi connectivity index (χ3n) is 2.88. The van der Waals surface area contributed by atoms with Gasteiger partial charge in [0.2, 0.25) is 0 Å². The zero-order chi connectivity index (χ0) is 14.5. The van der Waals surface area contributed by atoms with E-state index in [0.717, 1.165) is 16.9 Å². The van der Waals surface area contributed by atoms with Gasteiger partial charge in [-0.2, -0.15) is 0 Å². The van der Waals surface area contributed by atoms with Crippen LogP contribution in [0, 0.1) is 0 Å². The average Bonchev–Trinajstić information content (AvgIpc) is 2.48. The molecule has 2 rings (SSSR count). The van der Waals surface area contributed by atoms with Crippen molar-refractivity contribution in [1.82, 2.24) is 0 Å². The number of rotatable bonds is 5. The maximum atomic E-state index is 6.10. The molecule has 0 bridgehead atoms. The second-order valence-electron chi connectivity index (χ2n) is 4.20. The van der Waals surface area contributed by atoms with Crippen LogP contribution in [-0.2, 0) is 13.2 Å². The number of hydrogen-bond donors (Lipinski definition) is 1. The van der Waals surface area contributed by atoms with Crippen molar-refractivity contribution in [3.05, 3.63) is 57.6 Å². The minimum Gasteiger partial charge on any atom is -0.497 e. The smallest absolute Gasteiger partial charge is 0.124 e. The molecule has 0 aliphatic heterocycles. The minimum atomic E-state index is 0.332. The first kappa shape index (κ1) is 15.0. The Bertz CT molecular complexity index is 602. The summed E-state index contributed by atoms with van der Waals surface area (Å²) in [5.74, 6) is 1.46. The second kappa shape index (κ2) is 6.84. The summed E-state index contributed by atoms with van der Waals surface area (Å²) in [6.45, 7) is 0.703. The fourth-order valence-electron chi connectivity index (χ4n) is 1.79. The summed E-state index contributed by atoms with van der Waals surface area (Å²) in [6, 6.07) is 10.8. The van der Waals surface area contributed by atoms with Crippen LogP contribution in [-0.4, -0.2) is 7.11 Å². The summed E-state index contributed by atoms with van der Waals surface area (Å²) in [6.07, 6.45) is 0. The van der Waals surface area contributed by atoms with Crippen LogP contribution in [0.4, 0.5) is 0 Å². The third-order valence-corrected chi connectivity index (χ3v) is 3.48. The maximum absolute atomic E-state index is 6.10. The summed E-state index contributed by atoms with van der Waals surface area (Å²) in [5.41, 5.74) is 7.42. The van der Waals surface area contributed by atoms with Gasteiger partial charge < -0.3 is 15.2 Å². The minimum absolute atomic E-state index is 0.332. The van der Waals surface area contributed by atoms with Crippen molar-refractivity contribution in [1.29, 1.82) is 0 Å². The summed E-state index contributed by atoms with van der Waals surface area (Å²) < 4.78 is 10.9. The Morgan fingerprint density at radius 2 is 1.85 bits per heavy atom. The van der Waals surface area contributed by atoms with Gasteiger partial charge in [-0.3, -0.25) is 0 Å². The van der Waals surface area contributed by atoms with Crippen LogP contribution in [0.1, 0.15) is 11.1 Å². The number of nitrogens with two attached hydrogens (primary N) is 1. The molecule has 0 atom stereocenters. The molecule has 2 aromatic rings. The van der Waals surface area contributed by atoms with E-state index in [9.17, 15) is 0 Å². The average molecular weight is 312 g/mol. The maximum Gasteiger partial charge on any atom is 0.124 e. The highest BCUT2D eigenvalue weighted by molar-refractivity contribution is 6.33. The normalized spacial score (nSPS) is 10.4. The highest BCUT2D eigenvalue weighted by Crippen LogP contribution is 2.26. The molecule has 0 radical (unpaired) electrons. The third kappa shape index (κ3) is 3.57. The van der Waals surface area contributed by atoms with E-state index in [-0.39, 0.29) is 0 Å². The molecule has 0 saturated carbocycles. The van der Waals surface area contributed by atoms with Gasteiger partial charge in [-0.15, -0.1) is 0 Å². The Labute approximate surface area is 128 Å². The van der Waals surface area contributed by atoms with E-state index >= 15 is 0 Å². The molecule has 106 valence electrons. The number of ether oxygens (including phenoxy) is 2. The lowest BCUT2D eigenvalue weighted by Crippen LogP contribution is -2.03. The van der Waals surface area contributed by atoms with E-state index in [1.165, 1.54) is 0 Å². The van der Waals surface area contributed by atoms with Crippen molar-refractivity contribution in [2.75, 3.05) is 7.11 Å². The highest BCUT2D eigenvalue weighted by atomic mass is 35.5. The van der Waals surface area contributed by atoms with E-state index in [4.69, 9.17) is 38.4 Å². The first-order chi connectivity index (χ1) is 9.63. The Balaban J connectivity index is 2.16. The SMILES string of the molecule is COc1ccc(OCc2cc(Cl)ccc2Cl)c(CN)c1. The first-order valence-corrected chi connectivity index (χ1v) is 6.83. The zero-order valence-electron chi connectivity index (χ0n) is 11.0. The van der Waals surface area contributed by atoms with Crippen LogP contribution in [0.15, 0.2) is 36.4 Å². The molecule has 0 aliphatic rings. The Hall–Kier alpha value is -1.42. The van der Waals surface area contributed by atoms with E-state index < -0.39 is 0 Å². The van der Waals surface area contributed by atoms with Crippen LogP contribution in [0.2, 0.25) is 10.0 Å². The molecule has 0 aliphatic carbocycles. The largest absolute Gasteiger partial charge is 0.497 e. The van der Waals surface area contributed by atoms with Gasteiger partial charge >= 0.3 is 0 Å². The standard InChI is InChI=1S/C15H15Cl2NO2/c1-19-13-3-5-15(10(7-13)8-18)20-9-11-6-12(16)2-4-14(11)17/h2-7H,8-9,18H2,1H3. The van der Waals surface area contributed by atoms with Crippen molar-refractivity contribution in [3.63, 3.8) is 0 Å².